The van der Waals surface area contributed by atoms with Crippen LogP contribution in [-0.4, -0.2) is 54.0 Å². The molecule has 9 nitrogen and oxygen atoms in total. The molecule has 0 bridgehead atoms. The Morgan fingerprint density at radius 2 is 1.66 bits per heavy atom. The fraction of sp³-hybridized carbons (Fsp3) is 0.267. The first-order valence-electron chi connectivity index (χ1n) is 13.6. The van der Waals surface area contributed by atoms with E-state index in [1.165, 1.54) is 0 Å². The van der Waals surface area contributed by atoms with Crippen molar-refractivity contribution in [2.75, 3.05) is 6.54 Å². The van der Waals surface area contributed by atoms with E-state index in [4.69, 9.17) is 20.0 Å². The lowest BCUT2D eigenvalue weighted by atomic mass is 9.86. The number of alkyl halides is 3. The number of phenols is 1. The van der Waals surface area contributed by atoms with E-state index in [9.17, 15) is 31.9 Å². The van der Waals surface area contributed by atoms with Crippen LogP contribution < -0.4 is 5.32 Å². The average Bonchev–Trinajstić information content (AvgIpc) is 3.62. The lowest BCUT2D eigenvalue weighted by Crippen LogP contribution is -2.31. The van der Waals surface area contributed by atoms with E-state index in [0.717, 1.165) is 65.6 Å². The van der Waals surface area contributed by atoms with Crippen molar-refractivity contribution in [3.05, 3.63) is 84.3 Å². The maximum atomic E-state index is 13.5. The molecule has 44 heavy (non-hydrogen) atoms. The predicted octanol–water partition coefficient (Wildman–Crippen LogP) is 6.13. The number of aromatic hydroxyl groups is 1. The van der Waals surface area contributed by atoms with Gasteiger partial charge in [-0.3, -0.25) is 9.48 Å². The first-order chi connectivity index (χ1) is 20.9. The molecule has 0 radical (unpaired) electrons. The summed E-state index contributed by atoms with van der Waals surface area (Å²) in [6, 6.07) is 14.1. The first-order valence-corrected chi connectivity index (χ1v) is 13.6. The van der Waals surface area contributed by atoms with Crippen molar-refractivity contribution < 1.29 is 41.8 Å². The minimum Gasteiger partial charge on any atom is -0.503 e. The molecule has 3 N–H and O–H groups in total. The van der Waals surface area contributed by atoms with Crippen LogP contribution in [0.2, 0.25) is 0 Å². The van der Waals surface area contributed by atoms with Crippen LogP contribution in [-0.2, 0) is 4.79 Å². The molecule has 0 unspecified atom stereocenters. The molecule has 0 spiro atoms. The van der Waals surface area contributed by atoms with Gasteiger partial charge in [-0.05, 0) is 61.9 Å². The van der Waals surface area contributed by atoms with E-state index in [-0.39, 0.29) is 17.5 Å². The summed E-state index contributed by atoms with van der Waals surface area (Å²) >= 11 is 0. The monoisotopic (exact) mass is 615 g/mol. The number of halogens is 5. The van der Waals surface area contributed by atoms with Crippen LogP contribution in [0.1, 0.15) is 42.1 Å². The third-order valence-corrected chi connectivity index (χ3v) is 7.45. The molecule has 1 aliphatic carbocycles. The maximum absolute atomic E-state index is 13.5. The number of benzene rings is 2. The molecule has 2 aromatic carbocycles. The maximum Gasteiger partial charge on any atom is 0.490 e. The van der Waals surface area contributed by atoms with E-state index in [1.54, 1.807) is 0 Å². The summed E-state index contributed by atoms with van der Waals surface area (Å²) in [5, 5.41) is 25.0. The summed E-state index contributed by atoms with van der Waals surface area (Å²) in [4.78, 5) is 25.9. The second-order valence-electron chi connectivity index (χ2n) is 10.5. The van der Waals surface area contributed by atoms with Gasteiger partial charge in [-0.15, -0.1) is 0 Å². The number of fused-ring (bicyclic) bond motifs is 2. The molecule has 3 aromatic heterocycles. The van der Waals surface area contributed by atoms with Crippen LogP contribution >= 0.6 is 0 Å². The average molecular weight is 616 g/mol. The van der Waals surface area contributed by atoms with Gasteiger partial charge < -0.3 is 19.9 Å². The van der Waals surface area contributed by atoms with Gasteiger partial charge in [0.15, 0.2) is 17.4 Å². The van der Waals surface area contributed by atoms with Crippen molar-refractivity contribution >= 4 is 28.4 Å². The fourth-order valence-electron chi connectivity index (χ4n) is 5.10. The zero-order valence-corrected chi connectivity index (χ0v) is 22.9. The molecule has 1 fully saturated rings. The van der Waals surface area contributed by atoms with Crippen LogP contribution in [0.4, 0.5) is 22.0 Å². The van der Waals surface area contributed by atoms with E-state index >= 15 is 0 Å². The van der Waals surface area contributed by atoms with E-state index in [0.29, 0.717) is 6.54 Å². The molecule has 14 heteroatoms. The van der Waals surface area contributed by atoms with Gasteiger partial charge in [0.05, 0.1) is 17.3 Å². The Morgan fingerprint density at radius 3 is 2.30 bits per heavy atom. The molecule has 230 valence electrons. The van der Waals surface area contributed by atoms with Crippen molar-refractivity contribution in [1.82, 2.24) is 24.5 Å². The zero-order valence-electron chi connectivity index (χ0n) is 22.9. The summed E-state index contributed by atoms with van der Waals surface area (Å²) in [5.41, 5.74) is 3.61. The number of carboxylic acids is 1. The van der Waals surface area contributed by atoms with Crippen LogP contribution in [0.3, 0.4) is 0 Å². The number of carbonyl (C=O) groups excluding carboxylic acids is 1. The van der Waals surface area contributed by atoms with Gasteiger partial charge in [-0.25, -0.2) is 18.6 Å². The van der Waals surface area contributed by atoms with Crippen molar-refractivity contribution in [2.24, 2.45) is 5.92 Å². The molecule has 5 aromatic rings. The smallest absolute Gasteiger partial charge is 0.490 e. The molecule has 0 aliphatic heterocycles. The summed E-state index contributed by atoms with van der Waals surface area (Å²) in [6.45, 7) is 0.430. The first kappa shape index (κ1) is 30.4. The molecule has 0 saturated heterocycles. The number of nitrogens with one attached hydrogen (secondary N) is 1. The molecule has 6 rings (SSSR count). The van der Waals surface area contributed by atoms with Crippen molar-refractivity contribution in [2.45, 2.75) is 37.9 Å². The van der Waals surface area contributed by atoms with Gasteiger partial charge in [0.1, 0.15) is 5.65 Å². The van der Waals surface area contributed by atoms with Crippen LogP contribution in [0.5, 0.6) is 5.75 Å². The van der Waals surface area contributed by atoms with Gasteiger partial charge in [0, 0.05) is 41.6 Å². The van der Waals surface area contributed by atoms with Crippen molar-refractivity contribution in [3.8, 4) is 17.0 Å². The Morgan fingerprint density at radius 1 is 0.977 bits per heavy atom. The minimum absolute atomic E-state index is 0.146. The van der Waals surface area contributed by atoms with Gasteiger partial charge in [0.2, 0.25) is 0 Å². The Kier molecular flexibility index (Phi) is 8.52. The highest BCUT2D eigenvalue weighted by Gasteiger charge is 2.38. The number of pyridine rings is 1. The quantitative estimate of drug-likeness (QED) is 0.205. The molecular formula is C30H26F5N5O4. The zero-order chi connectivity index (χ0) is 31.6. The number of amides is 1. The largest absolute Gasteiger partial charge is 0.503 e. The number of hydrogen-bond donors (Lipinski definition) is 3. The number of nitrogens with zero attached hydrogens (tertiary/aromatic N) is 4. The van der Waals surface area contributed by atoms with Crippen LogP contribution in [0.25, 0.3) is 27.8 Å². The second kappa shape index (κ2) is 12.3. The summed E-state index contributed by atoms with van der Waals surface area (Å²) < 4.78 is 62.9. The standard InChI is InChI=1S/C28H25F2N5O2.C2HF3O2/c29-22-11-20(12-23(30)27(22)36)28(37)31-14-17-4-8-21(9-5-17)35-15-19-7-6-18(13-24(19)33-35)25-16-34-10-2-1-3-26(34)32-25;3-2(4,5)1(6)7/h1-3,6-7,10-13,15-17,21,36H,4-5,8-9,14H2,(H,31,37);(H,6,7). The number of carbonyl (C=O) groups is 2. The van der Waals surface area contributed by atoms with E-state index < -0.39 is 35.4 Å². The van der Waals surface area contributed by atoms with Crippen molar-refractivity contribution in [1.29, 1.82) is 0 Å². The van der Waals surface area contributed by atoms with Gasteiger partial charge in [-0.2, -0.15) is 18.3 Å². The number of carboxylic acid groups (broad SMARTS) is 1. The third kappa shape index (κ3) is 6.79. The Hall–Kier alpha value is -5.01. The molecule has 1 aliphatic rings. The Labute approximate surface area is 246 Å². The highest BCUT2D eigenvalue weighted by atomic mass is 19.4. The normalized spacial score (nSPS) is 16.8. The van der Waals surface area contributed by atoms with Crippen molar-refractivity contribution in [3.63, 3.8) is 0 Å². The van der Waals surface area contributed by atoms with E-state index in [1.807, 2.05) is 35.0 Å². The summed E-state index contributed by atoms with van der Waals surface area (Å²) in [5.74, 6) is -6.41. The summed E-state index contributed by atoms with van der Waals surface area (Å²) in [7, 11) is 0. The predicted molar refractivity (Wildman–Crippen MR) is 149 cm³/mol. The van der Waals surface area contributed by atoms with Crippen LogP contribution in [0, 0.1) is 17.6 Å². The van der Waals surface area contributed by atoms with Gasteiger partial charge in [0.25, 0.3) is 5.91 Å². The number of aliphatic carboxylic acids is 1. The molecule has 1 amide bonds. The van der Waals surface area contributed by atoms with Gasteiger partial charge in [-0.1, -0.05) is 18.2 Å². The number of aromatic nitrogens is 4. The topological polar surface area (TPSA) is 122 Å². The van der Waals surface area contributed by atoms with E-state index in [2.05, 4.69) is 34.4 Å². The fourth-order valence-corrected chi connectivity index (χ4v) is 5.10. The summed E-state index contributed by atoms with van der Waals surface area (Å²) in [6.07, 6.45) is 4.67. The molecule has 1 saturated carbocycles. The van der Waals surface area contributed by atoms with Gasteiger partial charge >= 0.3 is 12.1 Å². The molecule has 0 atom stereocenters. The third-order valence-electron chi connectivity index (χ3n) is 7.45. The number of phenolic OH excluding ortho intramolecular Hbond substituents is 1. The Bertz CT molecular complexity index is 1770. The SMILES string of the molecule is O=C(NCC1CCC(n2cc3ccc(-c4cn5ccccc5n4)cc3n2)CC1)c1cc(F)c(O)c(F)c1.O=C(O)C(F)(F)F. The second-order valence-corrected chi connectivity index (χ2v) is 10.5. The van der Waals surface area contributed by atoms with Crippen LogP contribution in [0.15, 0.2) is 67.1 Å². The Balaban J connectivity index is 0.000000493. The highest BCUT2D eigenvalue weighted by molar-refractivity contribution is 5.94. The number of imidazole rings is 1. The minimum atomic E-state index is -5.08. The highest BCUT2D eigenvalue weighted by Crippen LogP contribution is 2.33. The number of rotatable bonds is 5. The lowest BCUT2D eigenvalue weighted by molar-refractivity contribution is -0.192. The molecular weight excluding hydrogens is 589 g/mol. The lowest BCUT2D eigenvalue weighted by Gasteiger charge is -2.28. The molecule has 3 heterocycles. The number of hydrogen-bond acceptors (Lipinski definition) is 5.